The van der Waals surface area contributed by atoms with Gasteiger partial charge in [0.05, 0.1) is 18.0 Å². The summed E-state index contributed by atoms with van der Waals surface area (Å²) in [5, 5.41) is 23.4. The molecule has 0 saturated carbocycles. The fraction of sp³-hybridized carbons (Fsp3) is 0.200. The summed E-state index contributed by atoms with van der Waals surface area (Å²) >= 11 is 0. The van der Waals surface area contributed by atoms with Crippen LogP contribution in [0.25, 0.3) is 0 Å². The van der Waals surface area contributed by atoms with E-state index >= 15 is 0 Å². The Morgan fingerprint density at radius 2 is 1.59 bits per heavy atom. The van der Waals surface area contributed by atoms with E-state index in [-0.39, 0.29) is 64.7 Å². The van der Waals surface area contributed by atoms with Crippen molar-refractivity contribution in [3.63, 3.8) is 0 Å². The average Bonchev–Trinajstić information content (AvgIpc) is 2.18. The van der Waals surface area contributed by atoms with E-state index in [1.807, 2.05) is 0 Å². The van der Waals surface area contributed by atoms with Gasteiger partial charge in [-0.15, -0.1) is 0 Å². The predicted octanol–water partition coefficient (Wildman–Crippen LogP) is -7.39. The van der Waals surface area contributed by atoms with Gasteiger partial charge in [-0.3, -0.25) is 0 Å². The number of rotatable bonds is 4. The minimum atomic E-state index is -1.27. The standard InChI is InChI=1S/C10H11NO4.2Na/c1-6(9(12)13)11-8-4-2-7(3-5-8)10(14)15;;/h2-6,11H,1H3,(H,12,13)(H,14,15);;/q;2*+1/p-2/t6-;;/m0../s1. The van der Waals surface area contributed by atoms with E-state index in [0.29, 0.717) is 5.69 Å². The maximum Gasteiger partial charge on any atom is 1.00 e. The van der Waals surface area contributed by atoms with E-state index in [1.54, 1.807) is 0 Å². The van der Waals surface area contributed by atoms with Crippen molar-refractivity contribution in [1.29, 1.82) is 0 Å². The first kappa shape index (κ1) is 19.3. The average molecular weight is 253 g/mol. The molecule has 1 rings (SSSR count). The molecule has 1 aromatic carbocycles. The molecule has 0 bridgehead atoms. The molecule has 17 heavy (non-hydrogen) atoms. The quantitative estimate of drug-likeness (QED) is 0.538. The fourth-order valence-electron chi connectivity index (χ4n) is 1.01. The number of nitrogens with one attached hydrogen (secondary N) is 1. The Morgan fingerprint density at radius 1 is 1.12 bits per heavy atom. The third-order valence-corrected chi connectivity index (χ3v) is 1.86. The van der Waals surface area contributed by atoms with Gasteiger partial charge in [0.25, 0.3) is 0 Å². The summed E-state index contributed by atoms with van der Waals surface area (Å²) in [6, 6.07) is 4.76. The van der Waals surface area contributed by atoms with Crippen LogP contribution < -0.4 is 74.6 Å². The molecule has 7 heteroatoms. The van der Waals surface area contributed by atoms with Gasteiger partial charge in [-0.2, -0.15) is 0 Å². The van der Waals surface area contributed by atoms with E-state index < -0.39 is 18.0 Å². The number of aliphatic carboxylic acids is 1. The molecule has 0 fully saturated rings. The summed E-state index contributed by atoms with van der Waals surface area (Å²) in [6.07, 6.45) is 0. The number of hydrogen-bond donors (Lipinski definition) is 1. The minimum absolute atomic E-state index is 0. The van der Waals surface area contributed by atoms with Gasteiger partial charge in [0.1, 0.15) is 0 Å². The zero-order valence-corrected chi connectivity index (χ0v) is 14.0. The number of carboxylic acids is 2. The zero-order valence-electron chi connectivity index (χ0n) is 10.0. The molecule has 5 nitrogen and oxygen atoms in total. The fourth-order valence-corrected chi connectivity index (χ4v) is 1.01. The van der Waals surface area contributed by atoms with Crippen molar-refractivity contribution in [2.24, 2.45) is 0 Å². The topological polar surface area (TPSA) is 92.3 Å². The summed E-state index contributed by atoms with van der Waals surface area (Å²) in [5.74, 6) is -2.49. The Labute approximate surface area is 143 Å². The molecule has 0 aliphatic rings. The van der Waals surface area contributed by atoms with Crippen LogP contribution in [0.15, 0.2) is 24.3 Å². The van der Waals surface area contributed by atoms with Crippen LogP contribution in [-0.4, -0.2) is 18.0 Å². The SMILES string of the molecule is C[C@H](Nc1ccc(C(=O)[O-])cc1)C(=O)[O-].[Na+].[Na+]. The number of aromatic carboxylic acids is 1. The first-order valence-electron chi connectivity index (χ1n) is 4.29. The van der Waals surface area contributed by atoms with Crippen LogP contribution in [0.1, 0.15) is 17.3 Å². The molecule has 0 amide bonds. The van der Waals surface area contributed by atoms with Crippen LogP contribution in [0.4, 0.5) is 5.69 Å². The molecule has 0 heterocycles. The van der Waals surface area contributed by atoms with Gasteiger partial charge in [-0.25, -0.2) is 0 Å². The van der Waals surface area contributed by atoms with Crippen LogP contribution in [0.5, 0.6) is 0 Å². The number of carbonyl (C=O) groups is 2. The van der Waals surface area contributed by atoms with Crippen molar-refractivity contribution < 1.29 is 78.9 Å². The van der Waals surface area contributed by atoms with Crippen molar-refractivity contribution in [3.8, 4) is 0 Å². The van der Waals surface area contributed by atoms with Crippen LogP contribution >= 0.6 is 0 Å². The van der Waals surface area contributed by atoms with E-state index in [4.69, 9.17) is 0 Å². The van der Waals surface area contributed by atoms with Crippen LogP contribution in [0, 0.1) is 0 Å². The first-order valence-corrected chi connectivity index (χ1v) is 4.29. The summed E-state index contributed by atoms with van der Waals surface area (Å²) in [6.45, 7) is 1.43. The molecule has 0 saturated heterocycles. The Bertz CT molecular complexity index is 380. The number of carbonyl (C=O) groups excluding carboxylic acids is 2. The van der Waals surface area contributed by atoms with Crippen LogP contribution in [-0.2, 0) is 4.79 Å². The molecular weight excluding hydrogens is 244 g/mol. The van der Waals surface area contributed by atoms with Gasteiger partial charge in [-0.05, 0) is 24.6 Å². The second-order valence-corrected chi connectivity index (χ2v) is 3.05. The van der Waals surface area contributed by atoms with E-state index in [9.17, 15) is 19.8 Å². The van der Waals surface area contributed by atoms with Gasteiger partial charge in [0.15, 0.2) is 0 Å². The molecule has 0 aromatic heterocycles. The second kappa shape index (κ2) is 8.97. The van der Waals surface area contributed by atoms with Gasteiger partial charge >= 0.3 is 59.1 Å². The molecule has 80 valence electrons. The van der Waals surface area contributed by atoms with Gasteiger partial charge < -0.3 is 25.1 Å². The van der Waals surface area contributed by atoms with E-state index in [0.717, 1.165) is 0 Å². The van der Waals surface area contributed by atoms with Crippen molar-refractivity contribution in [2.75, 3.05) is 5.32 Å². The first-order chi connectivity index (χ1) is 7.00. The smallest absolute Gasteiger partial charge is 0.548 e. The summed E-state index contributed by atoms with van der Waals surface area (Å²) in [4.78, 5) is 20.8. The van der Waals surface area contributed by atoms with E-state index in [2.05, 4.69) is 5.32 Å². The van der Waals surface area contributed by atoms with Crippen LogP contribution in [0.2, 0.25) is 0 Å². The molecule has 0 aliphatic heterocycles. The maximum atomic E-state index is 10.4. The molecule has 0 spiro atoms. The maximum absolute atomic E-state index is 10.4. The Morgan fingerprint density at radius 3 is 1.94 bits per heavy atom. The van der Waals surface area contributed by atoms with Crippen molar-refractivity contribution in [3.05, 3.63) is 29.8 Å². The predicted molar refractivity (Wildman–Crippen MR) is 48.9 cm³/mol. The van der Waals surface area contributed by atoms with Crippen molar-refractivity contribution >= 4 is 17.6 Å². The van der Waals surface area contributed by atoms with E-state index in [1.165, 1.54) is 31.2 Å². The molecular formula is C10H9NNa2O4. The third-order valence-electron chi connectivity index (χ3n) is 1.86. The number of anilines is 1. The van der Waals surface area contributed by atoms with Crippen molar-refractivity contribution in [1.82, 2.24) is 0 Å². The molecule has 0 radical (unpaired) electrons. The van der Waals surface area contributed by atoms with Gasteiger partial charge in [0, 0.05) is 5.69 Å². The summed E-state index contributed by atoms with van der Waals surface area (Å²) in [7, 11) is 0. The molecule has 1 N–H and O–H groups in total. The number of hydrogen-bond acceptors (Lipinski definition) is 5. The summed E-state index contributed by atoms with van der Waals surface area (Å²) in [5.41, 5.74) is 0.554. The molecule has 0 unspecified atom stereocenters. The van der Waals surface area contributed by atoms with Crippen LogP contribution in [0.3, 0.4) is 0 Å². The Balaban J connectivity index is 0. The zero-order chi connectivity index (χ0) is 11.4. The number of carboxylic acid groups (broad SMARTS) is 2. The molecule has 0 aliphatic carbocycles. The number of benzene rings is 1. The van der Waals surface area contributed by atoms with Gasteiger partial charge in [-0.1, -0.05) is 12.1 Å². The largest absolute Gasteiger partial charge is 1.00 e. The van der Waals surface area contributed by atoms with Crippen molar-refractivity contribution in [2.45, 2.75) is 13.0 Å². The second-order valence-electron chi connectivity index (χ2n) is 3.05. The minimum Gasteiger partial charge on any atom is -0.548 e. The summed E-state index contributed by atoms with van der Waals surface area (Å²) < 4.78 is 0. The Hall–Kier alpha value is -0.0400. The van der Waals surface area contributed by atoms with Gasteiger partial charge in [0.2, 0.25) is 0 Å². The molecule has 1 atom stereocenters. The third kappa shape index (κ3) is 6.45. The normalized spacial score (nSPS) is 10.4. The monoisotopic (exact) mass is 253 g/mol. The molecule has 1 aromatic rings. The Kier molecular flexibility index (Phi) is 10.2.